The van der Waals surface area contributed by atoms with E-state index in [2.05, 4.69) is 0 Å². The fourth-order valence-electron chi connectivity index (χ4n) is 1.69. The van der Waals surface area contributed by atoms with Crippen molar-refractivity contribution in [3.8, 4) is 11.5 Å². The molecule has 0 saturated carbocycles. The molecule has 0 unspecified atom stereocenters. The molecule has 0 spiro atoms. The van der Waals surface area contributed by atoms with E-state index >= 15 is 0 Å². The number of amidine groups is 1. The number of hydrogen-bond donors (Lipinski definition) is 2. The topological polar surface area (TPSA) is 68.3 Å². The molecule has 0 aromatic heterocycles. The van der Waals surface area contributed by atoms with Gasteiger partial charge in [0.05, 0.1) is 18.8 Å². The van der Waals surface area contributed by atoms with Crippen LogP contribution in [-0.2, 0) is 6.42 Å². The first kappa shape index (κ1) is 9.83. The highest BCUT2D eigenvalue weighted by atomic mass is 16.5. The Morgan fingerprint density at radius 2 is 2.40 bits per heavy atom. The van der Waals surface area contributed by atoms with Crippen molar-refractivity contribution < 1.29 is 9.47 Å². The zero-order chi connectivity index (χ0) is 10.8. The van der Waals surface area contributed by atoms with E-state index in [0.717, 1.165) is 17.7 Å². The van der Waals surface area contributed by atoms with Crippen molar-refractivity contribution in [2.45, 2.75) is 13.3 Å². The number of ether oxygens (including phenoxy) is 2. The molecule has 0 amide bonds. The van der Waals surface area contributed by atoms with E-state index in [1.807, 2.05) is 13.0 Å². The fraction of sp³-hybridized carbons (Fsp3) is 0.364. The van der Waals surface area contributed by atoms with Crippen molar-refractivity contribution in [3.05, 3.63) is 23.3 Å². The van der Waals surface area contributed by atoms with E-state index in [-0.39, 0.29) is 5.84 Å². The highest BCUT2D eigenvalue weighted by molar-refractivity contribution is 5.98. The summed E-state index contributed by atoms with van der Waals surface area (Å²) in [4.78, 5) is 0. The SMILES string of the molecule is CCOc1cc2c(cc1C(=N)N)OCC2. The summed E-state index contributed by atoms with van der Waals surface area (Å²) in [5.74, 6) is 1.51. The van der Waals surface area contributed by atoms with Crippen LogP contribution < -0.4 is 15.2 Å². The van der Waals surface area contributed by atoms with Gasteiger partial charge in [-0.2, -0.15) is 0 Å². The lowest BCUT2D eigenvalue weighted by atomic mass is 10.1. The molecular formula is C11H14N2O2. The minimum Gasteiger partial charge on any atom is -0.493 e. The first-order valence-electron chi connectivity index (χ1n) is 4.99. The maximum Gasteiger partial charge on any atom is 0.130 e. The summed E-state index contributed by atoms with van der Waals surface area (Å²) in [6.45, 7) is 3.18. The number of rotatable bonds is 3. The van der Waals surface area contributed by atoms with Gasteiger partial charge in [-0.05, 0) is 19.1 Å². The third-order valence-electron chi connectivity index (χ3n) is 2.38. The average molecular weight is 206 g/mol. The Balaban J connectivity index is 2.47. The van der Waals surface area contributed by atoms with E-state index < -0.39 is 0 Å². The molecule has 1 aliphatic heterocycles. The molecule has 3 N–H and O–H groups in total. The maximum atomic E-state index is 7.46. The highest BCUT2D eigenvalue weighted by Crippen LogP contribution is 2.32. The number of hydrogen-bond acceptors (Lipinski definition) is 3. The van der Waals surface area contributed by atoms with Crippen molar-refractivity contribution in [2.24, 2.45) is 5.73 Å². The van der Waals surface area contributed by atoms with Gasteiger partial charge in [-0.25, -0.2) is 0 Å². The van der Waals surface area contributed by atoms with Gasteiger partial charge in [0.1, 0.15) is 17.3 Å². The Morgan fingerprint density at radius 1 is 1.60 bits per heavy atom. The molecule has 0 fully saturated rings. The van der Waals surface area contributed by atoms with Crippen LogP contribution in [0.4, 0.5) is 0 Å². The molecule has 0 saturated heterocycles. The summed E-state index contributed by atoms with van der Waals surface area (Å²) in [7, 11) is 0. The van der Waals surface area contributed by atoms with Gasteiger partial charge in [0.25, 0.3) is 0 Å². The molecule has 4 nitrogen and oxygen atoms in total. The predicted molar refractivity (Wildman–Crippen MR) is 57.8 cm³/mol. The Kier molecular flexibility index (Phi) is 2.49. The number of nitrogens with two attached hydrogens (primary N) is 1. The standard InChI is InChI=1S/C11H14N2O2/c1-2-14-10-5-7-3-4-15-9(7)6-8(10)11(12)13/h5-6H,2-4H2,1H3,(H3,12,13). The summed E-state index contributed by atoms with van der Waals surface area (Å²) in [6, 6.07) is 3.71. The Labute approximate surface area is 88.5 Å². The van der Waals surface area contributed by atoms with Crippen LogP contribution in [0.1, 0.15) is 18.1 Å². The predicted octanol–water partition coefficient (Wildman–Crippen LogP) is 1.30. The van der Waals surface area contributed by atoms with Crippen LogP contribution in [0.15, 0.2) is 12.1 Å². The number of nitrogens with one attached hydrogen (secondary N) is 1. The number of nitrogen functional groups attached to an aromatic ring is 1. The third kappa shape index (κ3) is 1.75. The van der Waals surface area contributed by atoms with Gasteiger partial charge < -0.3 is 15.2 Å². The Hall–Kier alpha value is -1.71. The summed E-state index contributed by atoms with van der Waals surface area (Å²) in [5, 5.41) is 7.46. The zero-order valence-electron chi connectivity index (χ0n) is 8.67. The van der Waals surface area contributed by atoms with Crippen molar-refractivity contribution in [2.75, 3.05) is 13.2 Å². The van der Waals surface area contributed by atoms with E-state index in [0.29, 0.717) is 24.5 Å². The van der Waals surface area contributed by atoms with Gasteiger partial charge in [-0.3, -0.25) is 5.41 Å². The van der Waals surface area contributed by atoms with Crippen molar-refractivity contribution in [1.82, 2.24) is 0 Å². The Morgan fingerprint density at radius 3 is 3.07 bits per heavy atom. The minimum absolute atomic E-state index is 0.0109. The number of fused-ring (bicyclic) bond motifs is 1. The molecule has 0 radical (unpaired) electrons. The quantitative estimate of drug-likeness (QED) is 0.578. The molecule has 0 atom stereocenters. The minimum atomic E-state index is 0.0109. The summed E-state index contributed by atoms with van der Waals surface area (Å²) >= 11 is 0. The lowest BCUT2D eigenvalue weighted by Crippen LogP contribution is -2.13. The van der Waals surface area contributed by atoms with Crippen LogP contribution in [-0.4, -0.2) is 19.0 Å². The van der Waals surface area contributed by atoms with Crippen LogP contribution in [0.2, 0.25) is 0 Å². The molecule has 0 bridgehead atoms. The van der Waals surface area contributed by atoms with Gasteiger partial charge in [0.15, 0.2) is 0 Å². The van der Waals surface area contributed by atoms with Crippen molar-refractivity contribution in [3.63, 3.8) is 0 Å². The smallest absolute Gasteiger partial charge is 0.130 e. The van der Waals surface area contributed by atoms with Crippen LogP contribution in [0.3, 0.4) is 0 Å². The summed E-state index contributed by atoms with van der Waals surface area (Å²) in [6.07, 6.45) is 0.896. The molecule has 1 aromatic carbocycles. The van der Waals surface area contributed by atoms with Gasteiger partial charge in [-0.15, -0.1) is 0 Å². The molecule has 15 heavy (non-hydrogen) atoms. The lowest BCUT2D eigenvalue weighted by Gasteiger charge is -2.10. The fourth-order valence-corrected chi connectivity index (χ4v) is 1.69. The van der Waals surface area contributed by atoms with Gasteiger partial charge in [-0.1, -0.05) is 0 Å². The number of benzene rings is 1. The van der Waals surface area contributed by atoms with Crippen LogP contribution in [0.5, 0.6) is 11.5 Å². The summed E-state index contributed by atoms with van der Waals surface area (Å²) < 4.78 is 10.9. The van der Waals surface area contributed by atoms with E-state index in [4.69, 9.17) is 20.6 Å². The van der Waals surface area contributed by atoms with E-state index in [1.54, 1.807) is 6.07 Å². The molecule has 0 aliphatic carbocycles. The second-order valence-electron chi connectivity index (χ2n) is 3.40. The monoisotopic (exact) mass is 206 g/mol. The lowest BCUT2D eigenvalue weighted by molar-refractivity contribution is 0.338. The van der Waals surface area contributed by atoms with Crippen LogP contribution >= 0.6 is 0 Å². The van der Waals surface area contributed by atoms with Crippen molar-refractivity contribution in [1.29, 1.82) is 5.41 Å². The Bertz CT molecular complexity index is 402. The molecular weight excluding hydrogens is 192 g/mol. The average Bonchev–Trinajstić information content (AvgIpc) is 2.63. The normalized spacial score (nSPS) is 13.1. The first-order valence-corrected chi connectivity index (χ1v) is 4.99. The molecule has 2 rings (SSSR count). The molecule has 1 aromatic rings. The highest BCUT2D eigenvalue weighted by Gasteiger charge is 2.17. The molecule has 1 aliphatic rings. The molecule has 4 heteroatoms. The van der Waals surface area contributed by atoms with Gasteiger partial charge >= 0.3 is 0 Å². The molecule has 80 valence electrons. The van der Waals surface area contributed by atoms with E-state index in [1.165, 1.54) is 0 Å². The molecule has 1 heterocycles. The van der Waals surface area contributed by atoms with Gasteiger partial charge in [0.2, 0.25) is 0 Å². The third-order valence-corrected chi connectivity index (χ3v) is 2.38. The van der Waals surface area contributed by atoms with E-state index in [9.17, 15) is 0 Å². The largest absolute Gasteiger partial charge is 0.493 e. The van der Waals surface area contributed by atoms with Gasteiger partial charge in [0, 0.05) is 12.0 Å². The maximum absolute atomic E-state index is 7.46. The van der Waals surface area contributed by atoms with Crippen LogP contribution in [0, 0.1) is 5.41 Å². The first-order chi connectivity index (χ1) is 7.22. The zero-order valence-corrected chi connectivity index (χ0v) is 8.67. The second-order valence-corrected chi connectivity index (χ2v) is 3.40. The van der Waals surface area contributed by atoms with Crippen LogP contribution in [0.25, 0.3) is 0 Å². The summed E-state index contributed by atoms with van der Waals surface area (Å²) in [5.41, 5.74) is 7.22. The second kappa shape index (κ2) is 3.81. The van der Waals surface area contributed by atoms with Crippen molar-refractivity contribution >= 4 is 5.84 Å².